The highest BCUT2D eigenvalue weighted by Gasteiger charge is 2.30. The molecule has 0 aliphatic rings. The minimum atomic E-state index is -4.37. The van der Waals surface area contributed by atoms with Crippen LogP contribution >= 0.6 is 22.7 Å². The highest BCUT2D eigenvalue weighted by atomic mass is 32.1. The van der Waals surface area contributed by atoms with E-state index >= 15 is 0 Å². The fourth-order valence-corrected chi connectivity index (χ4v) is 5.11. The van der Waals surface area contributed by atoms with Crippen molar-refractivity contribution in [2.45, 2.75) is 33.1 Å². The van der Waals surface area contributed by atoms with E-state index in [1.54, 1.807) is 6.07 Å². The topological polar surface area (TPSA) is 72.3 Å². The van der Waals surface area contributed by atoms with Crippen LogP contribution in [0, 0.1) is 13.8 Å². The van der Waals surface area contributed by atoms with E-state index in [-0.39, 0.29) is 13.0 Å². The highest BCUT2D eigenvalue weighted by Crippen LogP contribution is 2.34. The maximum Gasteiger partial charge on any atom is 0.416 e. The van der Waals surface area contributed by atoms with E-state index < -0.39 is 17.7 Å². The predicted molar refractivity (Wildman–Crippen MR) is 117 cm³/mol. The minimum absolute atomic E-state index is 0.124. The zero-order chi connectivity index (χ0) is 23.0. The van der Waals surface area contributed by atoms with Crippen LogP contribution in [0.3, 0.4) is 0 Å². The van der Waals surface area contributed by atoms with Crippen LogP contribution in [0.1, 0.15) is 26.7 Å². The van der Waals surface area contributed by atoms with Gasteiger partial charge in [-0.2, -0.15) is 13.2 Å². The molecule has 4 rings (SSSR count). The third kappa shape index (κ3) is 4.76. The number of hydrogen-bond acceptors (Lipinski definition) is 6. The predicted octanol–water partition coefficient (Wildman–Crippen LogP) is 6.26. The molecular formula is C22H17F3N2O3S2. The zero-order valence-electron chi connectivity index (χ0n) is 17.0. The monoisotopic (exact) mass is 478 g/mol. The third-order valence-electron chi connectivity index (χ3n) is 4.74. The Morgan fingerprint density at radius 1 is 1.09 bits per heavy atom. The Morgan fingerprint density at radius 2 is 1.81 bits per heavy atom. The number of fused-ring (bicyclic) bond motifs is 1. The van der Waals surface area contributed by atoms with Crippen LogP contribution in [0.4, 0.5) is 13.2 Å². The number of thiazole rings is 2. The molecular weight excluding hydrogens is 461 g/mol. The van der Waals surface area contributed by atoms with Gasteiger partial charge in [0.25, 0.3) is 0 Å². The molecule has 0 bridgehead atoms. The van der Waals surface area contributed by atoms with E-state index in [4.69, 9.17) is 9.84 Å². The number of aromatic nitrogens is 2. The average molecular weight is 479 g/mol. The molecule has 0 saturated heterocycles. The summed E-state index contributed by atoms with van der Waals surface area (Å²) < 4.78 is 45.2. The smallest absolute Gasteiger partial charge is 0.416 e. The molecule has 0 amide bonds. The van der Waals surface area contributed by atoms with Crippen LogP contribution in [0.25, 0.3) is 20.8 Å². The first-order valence-electron chi connectivity index (χ1n) is 9.49. The molecule has 2 aromatic carbocycles. The Labute approximate surface area is 189 Å². The summed E-state index contributed by atoms with van der Waals surface area (Å²) >= 11 is 2.71. The number of carboxylic acids is 1. The van der Waals surface area contributed by atoms with Gasteiger partial charge in [-0.25, -0.2) is 9.97 Å². The van der Waals surface area contributed by atoms with Gasteiger partial charge in [0.2, 0.25) is 0 Å². The van der Waals surface area contributed by atoms with Gasteiger partial charge in [-0.05, 0) is 37.6 Å². The third-order valence-corrected chi connectivity index (χ3v) is 6.94. The molecule has 5 nitrogen and oxygen atoms in total. The van der Waals surface area contributed by atoms with E-state index in [0.29, 0.717) is 26.8 Å². The molecule has 10 heteroatoms. The second-order valence-corrected chi connectivity index (χ2v) is 9.35. The first kappa shape index (κ1) is 22.2. The zero-order valence-corrected chi connectivity index (χ0v) is 18.6. The molecule has 0 unspecified atom stereocenters. The molecule has 32 heavy (non-hydrogen) atoms. The first-order valence-corrected chi connectivity index (χ1v) is 11.1. The van der Waals surface area contributed by atoms with E-state index in [2.05, 4.69) is 9.97 Å². The van der Waals surface area contributed by atoms with Gasteiger partial charge >= 0.3 is 12.1 Å². The second-order valence-electron chi connectivity index (χ2n) is 7.15. The van der Waals surface area contributed by atoms with Crippen LogP contribution in [-0.2, 0) is 24.0 Å². The van der Waals surface area contributed by atoms with Crippen molar-refractivity contribution in [2.75, 3.05) is 0 Å². The van der Waals surface area contributed by atoms with Crippen LogP contribution < -0.4 is 4.74 Å². The highest BCUT2D eigenvalue weighted by molar-refractivity contribution is 7.18. The molecule has 0 aliphatic carbocycles. The van der Waals surface area contributed by atoms with Gasteiger partial charge in [-0.15, -0.1) is 22.7 Å². The maximum atomic E-state index is 12.8. The summed E-state index contributed by atoms with van der Waals surface area (Å²) in [6.45, 7) is 3.98. The molecule has 0 aliphatic heterocycles. The van der Waals surface area contributed by atoms with Crippen LogP contribution in [0.5, 0.6) is 5.75 Å². The number of aliphatic carboxylic acids is 1. The lowest BCUT2D eigenvalue weighted by Crippen LogP contribution is -2.03. The SMILES string of the molecule is Cc1cc2sc(CC(=O)O)nc2cc1OCc1sc(-c2ccc(C(F)(F)F)cc2)nc1C. The number of carbonyl (C=O) groups is 1. The van der Waals surface area contributed by atoms with Gasteiger partial charge in [-0.3, -0.25) is 4.79 Å². The molecule has 0 spiro atoms. The number of halogens is 3. The number of aryl methyl sites for hydroxylation is 2. The lowest BCUT2D eigenvalue weighted by atomic mass is 10.1. The van der Waals surface area contributed by atoms with Crippen LogP contribution in [0.15, 0.2) is 36.4 Å². The first-order chi connectivity index (χ1) is 15.1. The van der Waals surface area contributed by atoms with Crippen molar-refractivity contribution in [3.05, 3.63) is 63.1 Å². The lowest BCUT2D eigenvalue weighted by molar-refractivity contribution is -0.138. The quantitative estimate of drug-likeness (QED) is 0.354. The van der Waals surface area contributed by atoms with Gasteiger partial charge in [0.05, 0.1) is 32.8 Å². The fraction of sp³-hybridized carbons (Fsp3) is 0.227. The molecule has 166 valence electrons. The van der Waals surface area contributed by atoms with Crippen LogP contribution in [-0.4, -0.2) is 21.0 Å². The van der Waals surface area contributed by atoms with E-state index in [0.717, 1.165) is 33.0 Å². The summed E-state index contributed by atoms with van der Waals surface area (Å²) in [4.78, 5) is 20.6. The number of nitrogens with zero attached hydrogens (tertiary/aromatic N) is 2. The van der Waals surface area contributed by atoms with Gasteiger partial charge < -0.3 is 9.84 Å². The molecule has 0 saturated carbocycles. The number of carboxylic acid groups (broad SMARTS) is 1. The Hall–Kier alpha value is -2.98. The number of hydrogen-bond donors (Lipinski definition) is 1. The molecule has 2 heterocycles. The van der Waals surface area contributed by atoms with Crippen molar-refractivity contribution in [1.29, 1.82) is 0 Å². The lowest BCUT2D eigenvalue weighted by Gasteiger charge is -2.08. The van der Waals surface area contributed by atoms with E-state index in [1.165, 1.54) is 34.8 Å². The summed E-state index contributed by atoms with van der Waals surface area (Å²) in [5, 5.41) is 10.1. The summed E-state index contributed by atoms with van der Waals surface area (Å²) in [5.41, 5.74) is 2.24. The van der Waals surface area contributed by atoms with Gasteiger partial charge in [-0.1, -0.05) is 12.1 Å². The van der Waals surface area contributed by atoms with Crippen molar-refractivity contribution in [3.8, 4) is 16.3 Å². The van der Waals surface area contributed by atoms with Gasteiger partial charge in [0.15, 0.2) is 0 Å². The van der Waals surface area contributed by atoms with Gasteiger partial charge in [0, 0.05) is 11.6 Å². The summed E-state index contributed by atoms with van der Waals surface area (Å²) in [7, 11) is 0. The molecule has 0 atom stereocenters. The Bertz CT molecular complexity index is 1290. The largest absolute Gasteiger partial charge is 0.488 e. The summed E-state index contributed by atoms with van der Waals surface area (Å²) in [6, 6.07) is 8.64. The molecule has 0 fully saturated rings. The van der Waals surface area contributed by atoms with E-state index in [1.807, 2.05) is 19.9 Å². The van der Waals surface area contributed by atoms with Crippen molar-refractivity contribution in [3.63, 3.8) is 0 Å². The molecule has 1 N–H and O–H groups in total. The van der Waals surface area contributed by atoms with Crippen molar-refractivity contribution < 1.29 is 27.8 Å². The van der Waals surface area contributed by atoms with Crippen molar-refractivity contribution >= 4 is 38.9 Å². The number of ether oxygens (including phenoxy) is 1. The normalized spacial score (nSPS) is 11.8. The van der Waals surface area contributed by atoms with Crippen LogP contribution in [0.2, 0.25) is 0 Å². The van der Waals surface area contributed by atoms with Crippen molar-refractivity contribution in [1.82, 2.24) is 9.97 Å². The number of alkyl halides is 3. The molecule has 2 aromatic heterocycles. The minimum Gasteiger partial charge on any atom is -0.488 e. The van der Waals surface area contributed by atoms with E-state index in [9.17, 15) is 18.0 Å². The summed E-state index contributed by atoms with van der Waals surface area (Å²) in [5.74, 6) is -0.296. The number of benzene rings is 2. The van der Waals surface area contributed by atoms with Gasteiger partial charge in [0.1, 0.15) is 22.4 Å². The Kier molecular flexibility index (Phi) is 5.91. The second kappa shape index (κ2) is 8.51. The fourth-order valence-electron chi connectivity index (χ4n) is 3.10. The number of rotatable bonds is 6. The Balaban J connectivity index is 1.52. The summed E-state index contributed by atoms with van der Waals surface area (Å²) in [6.07, 6.45) is -4.50. The molecule has 0 radical (unpaired) electrons. The molecule has 4 aromatic rings. The standard InChI is InChI=1S/C22H17F3N2O3S2/c1-11-7-17-15(27-19(31-17)9-20(28)29)8-16(11)30-10-18-12(2)26-21(32-18)13-3-5-14(6-4-13)22(23,24)25/h3-8H,9-10H2,1-2H3,(H,28,29). The maximum absolute atomic E-state index is 12.8. The van der Waals surface area contributed by atoms with Crippen molar-refractivity contribution in [2.24, 2.45) is 0 Å². The Morgan fingerprint density at radius 3 is 2.47 bits per heavy atom. The average Bonchev–Trinajstić information content (AvgIpc) is 3.27.